The number of rotatable bonds is 6. The van der Waals surface area contributed by atoms with Gasteiger partial charge in [-0.25, -0.2) is 4.98 Å². The number of ether oxygens (including phenoxy) is 1. The summed E-state index contributed by atoms with van der Waals surface area (Å²) in [5.74, 6) is -0.378. The summed E-state index contributed by atoms with van der Waals surface area (Å²) in [4.78, 5) is 39.6. The number of aromatic amines is 1. The fourth-order valence-corrected chi connectivity index (χ4v) is 4.42. The highest BCUT2D eigenvalue weighted by Crippen LogP contribution is 2.24. The maximum Gasteiger partial charge on any atom is 0.257 e. The Morgan fingerprint density at radius 3 is 2.85 bits per heavy atom. The first kappa shape index (κ1) is 22.2. The lowest BCUT2D eigenvalue weighted by molar-refractivity contribution is -0.117. The second-order valence-electron chi connectivity index (χ2n) is 8.91. The topological polar surface area (TPSA) is 112 Å². The van der Waals surface area contributed by atoms with Gasteiger partial charge < -0.3 is 20.4 Å². The fraction of sp³-hybridized carbons (Fsp3) is 0.360. The van der Waals surface area contributed by atoms with Crippen molar-refractivity contribution in [2.75, 3.05) is 36.9 Å². The molecule has 2 aliphatic rings. The molecule has 9 nitrogen and oxygen atoms in total. The molecule has 5 heterocycles. The molecular formula is C25H28N6O3. The van der Waals surface area contributed by atoms with E-state index in [2.05, 4.69) is 37.4 Å². The number of carbonyl (C=O) groups excluding carboxylic acids is 2. The maximum atomic E-state index is 13.0. The van der Waals surface area contributed by atoms with Gasteiger partial charge in [-0.1, -0.05) is 6.08 Å². The molecule has 3 aromatic heterocycles. The molecule has 1 saturated heterocycles. The lowest BCUT2D eigenvalue weighted by atomic mass is 10.1. The van der Waals surface area contributed by atoms with Gasteiger partial charge in [0.1, 0.15) is 5.65 Å². The zero-order chi connectivity index (χ0) is 23.7. The highest BCUT2D eigenvalue weighted by molar-refractivity contribution is 6.06. The van der Waals surface area contributed by atoms with Crippen LogP contribution in [0, 0.1) is 6.92 Å². The highest BCUT2D eigenvalue weighted by Gasteiger charge is 2.22. The molecule has 1 atom stereocenters. The Kier molecular flexibility index (Phi) is 6.12. The van der Waals surface area contributed by atoms with Gasteiger partial charge in [-0.15, -0.1) is 0 Å². The van der Waals surface area contributed by atoms with Gasteiger partial charge >= 0.3 is 0 Å². The van der Waals surface area contributed by atoms with E-state index in [0.29, 0.717) is 54.1 Å². The molecule has 2 amide bonds. The van der Waals surface area contributed by atoms with E-state index in [-0.39, 0.29) is 11.8 Å². The standard InChI is InChI=1S/C25H28N6O3/c1-15-4-3-6-31(15)13-23(32)28-20-10-21(16(2)26-12-20)30-25(33)19-8-18-9-22(17-5-7-34-14-17)29-24(18)27-11-19/h5,8-12,15H,3-4,6-7,13-14H2,1-2H3,(H,27,29)(H,28,32)(H,30,33)/t15-/m0/s1. The Bertz CT molecular complexity index is 1280. The van der Waals surface area contributed by atoms with E-state index in [4.69, 9.17) is 4.74 Å². The SMILES string of the molecule is Cc1ncc(NC(=O)CN2CCC[C@@H]2C)cc1NC(=O)c1cnc2[nH]c(C3=CCOC3)cc2c1. The van der Waals surface area contributed by atoms with Gasteiger partial charge in [0.05, 0.1) is 48.6 Å². The molecule has 0 bridgehead atoms. The minimum atomic E-state index is -0.292. The molecule has 34 heavy (non-hydrogen) atoms. The van der Waals surface area contributed by atoms with Gasteiger partial charge in [0.2, 0.25) is 5.91 Å². The Labute approximate surface area is 197 Å². The number of likely N-dealkylation sites (tertiary alicyclic amines) is 1. The van der Waals surface area contributed by atoms with Gasteiger partial charge in [0.15, 0.2) is 0 Å². The summed E-state index contributed by atoms with van der Waals surface area (Å²) in [7, 11) is 0. The first-order chi connectivity index (χ1) is 16.5. The van der Waals surface area contributed by atoms with Crippen molar-refractivity contribution in [1.29, 1.82) is 0 Å². The van der Waals surface area contributed by atoms with Crippen LogP contribution in [0.5, 0.6) is 0 Å². The summed E-state index contributed by atoms with van der Waals surface area (Å²) in [6.45, 7) is 6.41. The molecule has 0 spiro atoms. The molecule has 0 saturated carbocycles. The number of nitrogens with one attached hydrogen (secondary N) is 3. The van der Waals surface area contributed by atoms with Crippen molar-refractivity contribution in [2.24, 2.45) is 0 Å². The molecule has 1 fully saturated rings. The minimum absolute atomic E-state index is 0.0858. The van der Waals surface area contributed by atoms with E-state index in [1.165, 1.54) is 0 Å². The normalized spacial score (nSPS) is 18.3. The monoisotopic (exact) mass is 460 g/mol. The second kappa shape index (κ2) is 9.36. The van der Waals surface area contributed by atoms with Crippen LogP contribution in [0.2, 0.25) is 0 Å². The Hall–Kier alpha value is -3.56. The maximum absolute atomic E-state index is 13.0. The van der Waals surface area contributed by atoms with Crippen molar-refractivity contribution in [3.05, 3.63) is 53.6 Å². The van der Waals surface area contributed by atoms with Crippen LogP contribution in [0.25, 0.3) is 16.6 Å². The van der Waals surface area contributed by atoms with Crippen molar-refractivity contribution in [3.8, 4) is 0 Å². The first-order valence-electron chi connectivity index (χ1n) is 11.5. The van der Waals surface area contributed by atoms with Crippen molar-refractivity contribution < 1.29 is 14.3 Å². The van der Waals surface area contributed by atoms with Crippen molar-refractivity contribution in [3.63, 3.8) is 0 Å². The third kappa shape index (κ3) is 4.71. The quantitative estimate of drug-likeness (QED) is 0.520. The van der Waals surface area contributed by atoms with E-state index in [9.17, 15) is 9.59 Å². The van der Waals surface area contributed by atoms with Crippen molar-refractivity contribution >= 4 is 39.8 Å². The number of carbonyl (C=O) groups is 2. The molecule has 0 aromatic carbocycles. The Morgan fingerprint density at radius 2 is 2.09 bits per heavy atom. The zero-order valence-corrected chi connectivity index (χ0v) is 19.4. The van der Waals surface area contributed by atoms with Crippen LogP contribution >= 0.6 is 0 Å². The van der Waals surface area contributed by atoms with Crippen molar-refractivity contribution in [1.82, 2.24) is 19.9 Å². The predicted octanol–water partition coefficient (Wildman–Crippen LogP) is 3.36. The molecule has 0 unspecified atom stereocenters. The molecule has 9 heteroatoms. The fourth-order valence-electron chi connectivity index (χ4n) is 4.42. The Balaban J connectivity index is 1.28. The number of pyridine rings is 2. The largest absolute Gasteiger partial charge is 0.373 e. The average molecular weight is 461 g/mol. The summed E-state index contributed by atoms with van der Waals surface area (Å²) < 4.78 is 5.39. The molecule has 2 aliphatic heterocycles. The lowest BCUT2D eigenvalue weighted by Crippen LogP contribution is -2.35. The molecule has 3 N–H and O–H groups in total. The number of aromatic nitrogens is 3. The molecular weight excluding hydrogens is 432 g/mol. The molecule has 5 rings (SSSR count). The summed E-state index contributed by atoms with van der Waals surface area (Å²) in [5, 5.41) is 6.65. The predicted molar refractivity (Wildman–Crippen MR) is 131 cm³/mol. The number of fused-ring (bicyclic) bond motifs is 1. The number of aryl methyl sites for hydroxylation is 1. The summed E-state index contributed by atoms with van der Waals surface area (Å²) in [6, 6.07) is 5.93. The average Bonchev–Trinajstić information content (AvgIpc) is 3.57. The van der Waals surface area contributed by atoms with Crippen LogP contribution in [0.3, 0.4) is 0 Å². The van der Waals surface area contributed by atoms with Gasteiger partial charge in [-0.05, 0) is 57.0 Å². The Morgan fingerprint density at radius 1 is 1.21 bits per heavy atom. The van der Waals surface area contributed by atoms with E-state index >= 15 is 0 Å². The number of hydrogen-bond donors (Lipinski definition) is 3. The van der Waals surface area contributed by atoms with E-state index in [0.717, 1.165) is 36.0 Å². The third-order valence-corrected chi connectivity index (χ3v) is 6.44. The van der Waals surface area contributed by atoms with E-state index in [1.807, 2.05) is 19.1 Å². The van der Waals surface area contributed by atoms with Crippen LogP contribution in [0.4, 0.5) is 11.4 Å². The summed E-state index contributed by atoms with van der Waals surface area (Å²) in [6.07, 6.45) is 7.42. The van der Waals surface area contributed by atoms with Crippen LogP contribution < -0.4 is 10.6 Å². The molecule has 176 valence electrons. The number of amides is 2. The van der Waals surface area contributed by atoms with Crippen LogP contribution in [-0.2, 0) is 9.53 Å². The van der Waals surface area contributed by atoms with Gasteiger partial charge in [0, 0.05) is 23.3 Å². The lowest BCUT2D eigenvalue weighted by Gasteiger charge is -2.20. The van der Waals surface area contributed by atoms with Gasteiger partial charge in [-0.3, -0.25) is 19.5 Å². The van der Waals surface area contributed by atoms with E-state index < -0.39 is 0 Å². The molecule has 0 aliphatic carbocycles. The number of hydrogen-bond acceptors (Lipinski definition) is 6. The summed E-state index contributed by atoms with van der Waals surface area (Å²) in [5.41, 5.74) is 4.94. The number of nitrogens with zero attached hydrogens (tertiary/aromatic N) is 3. The zero-order valence-electron chi connectivity index (χ0n) is 19.4. The van der Waals surface area contributed by atoms with Crippen LogP contribution in [-0.4, -0.2) is 64.0 Å². The molecule has 3 aromatic rings. The van der Waals surface area contributed by atoms with Crippen molar-refractivity contribution in [2.45, 2.75) is 32.7 Å². The third-order valence-electron chi connectivity index (χ3n) is 6.44. The first-order valence-corrected chi connectivity index (χ1v) is 11.5. The second-order valence-corrected chi connectivity index (χ2v) is 8.91. The van der Waals surface area contributed by atoms with Crippen LogP contribution in [0.15, 0.2) is 36.7 Å². The van der Waals surface area contributed by atoms with E-state index in [1.54, 1.807) is 24.5 Å². The van der Waals surface area contributed by atoms with Gasteiger partial charge in [-0.2, -0.15) is 0 Å². The highest BCUT2D eigenvalue weighted by atomic mass is 16.5. The summed E-state index contributed by atoms with van der Waals surface area (Å²) >= 11 is 0. The smallest absolute Gasteiger partial charge is 0.257 e. The van der Waals surface area contributed by atoms with Crippen LogP contribution in [0.1, 0.15) is 41.5 Å². The number of anilines is 2. The molecule has 0 radical (unpaired) electrons. The van der Waals surface area contributed by atoms with Gasteiger partial charge in [0.25, 0.3) is 5.91 Å². The number of H-pyrrole nitrogens is 1. The minimum Gasteiger partial charge on any atom is -0.373 e.